The zero-order valence-corrected chi connectivity index (χ0v) is 12.4. The molecule has 0 aromatic heterocycles. The Hall–Kier alpha value is -0.890. The summed E-state index contributed by atoms with van der Waals surface area (Å²) in [5.41, 5.74) is 8.37. The predicted octanol–water partition coefficient (Wildman–Crippen LogP) is 4.74. The van der Waals surface area contributed by atoms with Crippen molar-refractivity contribution in [3.05, 3.63) is 35.1 Å². The molecule has 1 atom stereocenters. The first kappa shape index (κ1) is 14.5. The van der Waals surface area contributed by atoms with Crippen LogP contribution in [0.25, 0.3) is 0 Å². The smallest absolute Gasteiger partial charge is 0.126 e. The maximum absolute atomic E-state index is 13.8. The van der Waals surface area contributed by atoms with Crippen LogP contribution >= 0.6 is 0 Å². The molecule has 1 saturated carbocycles. The molecule has 1 aromatic rings. The van der Waals surface area contributed by atoms with E-state index < -0.39 is 0 Å². The van der Waals surface area contributed by atoms with E-state index in [1.807, 2.05) is 12.1 Å². The standard InChI is InChI=1S/C17H26FN/c1-12(2)11-17(8-4-5-9-17)16(19)14-7-6-13(3)15(18)10-14/h6-7,10,12,16H,4-5,8-9,11,19H2,1-3H3. The lowest BCUT2D eigenvalue weighted by atomic mass is 9.70. The van der Waals surface area contributed by atoms with Crippen LogP contribution in [0.5, 0.6) is 0 Å². The molecule has 2 heteroatoms. The minimum atomic E-state index is -0.134. The van der Waals surface area contributed by atoms with Crippen molar-refractivity contribution in [3.8, 4) is 0 Å². The Bertz CT molecular complexity index is 433. The van der Waals surface area contributed by atoms with Gasteiger partial charge in [0.2, 0.25) is 0 Å². The molecular formula is C17H26FN. The molecular weight excluding hydrogens is 237 g/mol. The normalized spacial score (nSPS) is 19.9. The van der Waals surface area contributed by atoms with Crippen LogP contribution in [-0.4, -0.2) is 0 Å². The van der Waals surface area contributed by atoms with Crippen molar-refractivity contribution in [2.45, 2.75) is 58.9 Å². The SMILES string of the molecule is Cc1ccc(C(N)C2(CC(C)C)CCCC2)cc1F. The van der Waals surface area contributed by atoms with Gasteiger partial charge in [-0.3, -0.25) is 0 Å². The second-order valence-electron chi connectivity index (χ2n) is 6.65. The number of rotatable bonds is 4. The highest BCUT2D eigenvalue weighted by Crippen LogP contribution is 2.50. The van der Waals surface area contributed by atoms with Gasteiger partial charge in [-0.1, -0.05) is 38.8 Å². The minimum absolute atomic E-state index is 0.0347. The van der Waals surface area contributed by atoms with Crippen molar-refractivity contribution in [2.75, 3.05) is 0 Å². The van der Waals surface area contributed by atoms with Crippen LogP contribution in [0.4, 0.5) is 4.39 Å². The Morgan fingerprint density at radius 2 is 1.89 bits per heavy atom. The Morgan fingerprint density at radius 3 is 2.42 bits per heavy atom. The molecule has 0 amide bonds. The van der Waals surface area contributed by atoms with Gasteiger partial charge in [-0.2, -0.15) is 0 Å². The van der Waals surface area contributed by atoms with Gasteiger partial charge in [0.15, 0.2) is 0 Å². The van der Waals surface area contributed by atoms with Crippen LogP contribution in [0.15, 0.2) is 18.2 Å². The van der Waals surface area contributed by atoms with E-state index in [0.717, 1.165) is 12.0 Å². The van der Waals surface area contributed by atoms with E-state index in [1.54, 1.807) is 13.0 Å². The lowest BCUT2D eigenvalue weighted by Crippen LogP contribution is -2.33. The van der Waals surface area contributed by atoms with Gasteiger partial charge in [0, 0.05) is 6.04 Å². The monoisotopic (exact) mass is 263 g/mol. The van der Waals surface area contributed by atoms with Gasteiger partial charge in [0.25, 0.3) is 0 Å². The van der Waals surface area contributed by atoms with Crippen molar-refractivity contribution in [1.82, 2.24) is 0 Å². The molecule has 1 aliphatic carbocycles. The number of halogens is 1. The molecule has 1 fully saturated rings. The van der Waals surface area contributed by atoms with E-state index in [2.05, 4.69) is 13.8 Å². The summed E-state index contributed by atoms with van der Waals surface area (Å²) in [6, 6.07) is 5.46. The molecule has 19 heavy (non-hydrogen) atoms. The highest BCUT2D eigenvalue weighted by molar-refractivity contribution is 5.27. The molecule has 0 saturated heterocycles. The van der Waals surface area contributed by atoms with Crippen LogP contribution in [-0.2, 0) is 0 Å². The number of aryl methyl sites for hydroxylation is 1. The fraction of sp³-hybridized carbons (Fsp3) is 0.647. The third-order valence-electron chi connectivity index (χ3n) is 4.63. The van der Waals surface area contributed by atoms with Crippen molar-refractivity contribution >= 4 is 0 Å². The topological polar surface area (TPSA) is 26.0 Å². The second kappa shape index (κ2) is 5.62. The summed E-state index contributed by atoms with van der Waals surface area (Å²) < 4.78 is 13.8. The zero-order valence-electron chi connectivity index (χ0n) is 12.4. The number of nitrogens with two attached hydrogens (primary N) is 1. The van der Waals surface area contributed by atoms with E-state index in [1.165, 1.54) is 25.7 Å². The largest absolute Gasteiger partial charge is 0.323 e. The van der Waals surface area contributed by atoms with E-state index >= 15 is 0 Å². The number of hydrogen-bond acceptors (Lipinski definition) is 1. The molecule has 0 radical (unpaired) electrons. The summed E-state index contributed by atoms with van der Waals surface area (Å²) in [7, 11) is 0. The second-order valence-corrected chi connectivity index (χ2v) is 6.65. The molecule has 2 N–H and O–H groups in total. The fourth-order valence-electron chi connectivity index (χ4n) is 3.69. The van der Waals surface area contributed by atoms with Crippen LogP contribution in [0.3, 0.4) is 0 Å². The van der Waals surface area contributed by atoms with Crippen LogP contribution < -0.4 is 5.73 Å². The highest BCUT2D eigenvalue weighted by atomic mass is 19.1. The first-order valence-electron chi connectivity index (χ1n) is 7.46. The van der Waals surface area contributed by atoms with Gasteiger partial charge in [-0.15, -0.1) is 0 Å². The summed E-state index contributed by atoms with van der Waals surface area (Å²) in [6.07, 6.45) is 6.02. The summed E-state index contributed by atoms with van der Waals surface area (Å²) >= 11 is 0. The molecule has 0 aliphatic heterocycles. The van der Waals surface area contributed by atoms with Crippen molar-refractivity contribution in [3.63, 3.8) is 0 Å². The van der Waals surface area contributed by atoms with Gasteiger partial charge < -0.3 is 5.73 Å². The Labute approximate surface area is 116 Å². The van der Waals surface area contributed by atoms with Crippen molar-refractivity contribution in [1.29, 1.82) is 0 Å². The van der Waals surface area contributed by atoms with Crippen LogP contribution in [0.1, 0.15) is 63.1 Å². The summed E-state index contributed by atoms with van der Waals surface area (Å²) in [6.45, 7) is 6.30. The van der Waals surface area contributed by atoms with Crippen LogP contribution in [0.2, 0.25) is 0 Å². The molecule has 0 spiro atoms. The lowest BCUT2D eigenvalue weighted by molar-refractivity contribution is 0.183. The van der Waals surface area contributed by atoms with E-state index in [4.69, 9.17) is 5.73 Å². The minimum Gasteiger partial charge on any atom is -0.323 e. The van der Waals surface area contributed by atoms with E-state index in [9.17, 15) is 4.39 Å². The third-order valence-corrected chi connectivity index (χ3v) is 4.63. The predicted molar refractivity (Wildman–Crippen MR) is 78.4 cm³/mol. The van der Waals surface area contributed by atoms with Crippen LogP contribution in [0, 0.1) is 24.1 Å². The van der Waals surface area contributed by atoms with Gasteiger partial charge in [-0.25, -0.2) is 4.39 Å². The molecule has 0 heterocycles. The maximum Gasteiger partial charge on any atom is 0.126 e. The molecule has 2 rings (SSSR count). The average molecular weight is 263 g/mol. The fourth-order valence-corrected chi connectivity index (χ4v) is 3.69. The van der Waals surface area contributed by atoms with Gasteiger partial charge in [0.05, 0.1) is 0 Å². The lowest BCUT2D eigenvalue weighted by Gasteiger charge is -2.37. The molecule has 1 unspecified atom stereocenters. The number of benzene rings is 1. The molecule has 1 nitrogen and oxygen atoms in total. The summed E-state index contributed by atoms with van der Waals surface area (Å²) in [5.74, 6) is 0.505. The summed E-state index contributed by atoms with van der Waals surface area (Å²) in [5, 5.41) is 0. The van der Waals surface area contributed by atoms with Gasteiger partial charge >= 0.3 is 0 Å². The first-order valence-corrected chi connectivity index (χ1v) is 7.46. The van der Waals surface area contributed by atoms with Crippen molar-refractivity contribution < 1.29 is 4.39 Å². The maximum atomic E-state index is 13.8. The number of hydrogen-bond donors (Lipinski definition) is 1. The summed E-state index contributed by atoms with van der Waals surface area (Å²) in [4.78, 5) is 0. The van der Waals surface area contributed by atoms with E-state index in [0.29, 0.717) is 11.5 Å². The Morgan fingerprint density at radius 1 is 1.26 bits per heavy atom. The quantitative estimate of drug-likeness (QED) is 0.834. The molecule has 1 aromatic carbocycles. The highest BCUT2D eigenvalue weighted by Gasteiger charge is 2.40. The molecule has 0 bridgehead atoms. The third kappa shape index (κ3) is 3.00. The van der Waals surface area contributed by atoms with Crippen molar-refractivity contribution in [2.24, 2.45) is 17.1 Å². The van der Waals surface area contributed by atoms with Gasteiger partial charge in [0.1, 0.15) is 5.82 Å². The Balaban J connectivity index is 2.28. The van der Waals surface area contributed by atoms with Gasteiger partial charge in [-0.05, 0) is 54.7 Å². The average Bonchev–Trinajstić information content (AvgIpc) is 2.80. The molecule has 106 valence electrons. The van der Waals surface area contributed by atoms with E-state index in [-0.39, 0.29) is 17.3 Å². The molecule has 1 aliphatic rings. The Kier molecular flexibility index (Phi) is 4.29. The first-order chi connectivity index (χ1) is 8.94. The zero-order chi connectivity index (χ0) is 14.0.